The van der Waals surface area contributed by atoms with Crippen LogP contribution >= 0.6 is 0 Å². The van der Waals surface area contributed by atoms with Crippen molar-refractivity contribution in [3.63, 3.8) is 0 Å². The molecular weight excluding hydrogens is 336 g/mol. The van der Waals surface area contributed by atoms with Gasteiger partial charge in [0.05, 0.1) is 17.4 Å². The normalized spacial score (nSPS) is 16.8. The van der Waals surface area contributed by atoms with Crippen molar-refractivity contribution < 1.29 is 4.79 Å². The molecule has 0 aliphatic carbocycles. The number of carbonyl (C=O) groups excluding carboxylic acids is 1. The SMILES string of the molecule is Cc1cccc(N2CCC(CNC(=O)CCn3cnc4ccccc43)C2)c1. The second kappa shape index (κ2) is 7.82. The van der Waals surface area contributed by atoms with Crippen molar-refractivity contribution in [2.24, 2.45) is 5.92 Å². The minimum absolute atomic E-state index is 0.113. The molecule has 1 aliphatic rings. The van der Waals surface area contributed by atoms with Gasteiger partial charge in [0.15, 0.2) is 0 Å². The Kier molecular flexibility index (Phi) is 5.10. The number of nitrogens with one attached hydrogen (secondary N) is 1. The van der Waals surface area contributed by atoms with E-state index in [-0.39, 0.29) is 5.91 Å². The van der Waals surface area contributed by atoms with Gasteiger partial charge in [0.1, 0.15) is 0 Å². The third-order valence-electron chi connectivity index (χ3n) is 5.35. The van der Waals surface area contributed by atoms with Crippen molar-refractivity contribution in [1.82, 2.24) is 14.9 Å². The Bertz CT molecular complexity index is 933. The summed E-state index contributed by atoms with van der Waals surface area (Å²) in [4.78, 5) is 19.1. The van der Waals surface area contributed by atoms with E-state index in [0.29, 0.717) is 18.9 Å². The monoisotopic (exact) mass is 362 g/mol. The number of fused-ring (bicyclic) bond motifs is 1. The minimum Gasteiger partial charge on any atom is -0.371 e. The molecule has 1 N–H and O–H groups in total. The van der Waals surface area contributed by atoms with Crippen LogP contribution in [0.1, 0.15) is 18.4 Å². The van der Waals surface area contributed by atoms with Crippen molar-refractivity contribution in [3.8, 4) is 0 Å². The van der Waals surface area contributed by atoms with E-state index in [0.717, 1.165) is 37.1 Å². The highest BCUT2D eigenvalue weighted by molar-refractivity contribution is 5.77. The average Bonchev–Trinajstić information content (AvgIpc) is 3.32. The van der Waals surface area contributed by atoms with Crippen LogP contribution in [0.15, 0.2) is 54.9 Å². The molecule has 4 rings (SSSR count). The quantitative estimate of drug-likeness (QED) is 0.731. The van der Waals surface area contributed by atoms with E-state index >= 15 is 0 Å². The lowest BCUT2D eigenvalue weighted by Crippen LogP contribution is -2.31. The minimum atomic E-state index is 0.113. The standard InChI is InChI=1S/C22H26N4O/c1-17-5-4-6-19(13-17)25-11-9-18(15-25)14-23-22(27)10-12-26-16-24-20-7-2-3-8-21(20)26/h2-8,13,16,18H,9-12,14-15H2,1H3,(H,23,27). The van der Waals surface area contributed by atoms with E-state index in [4.69, 9.17) is 0 Å². The van der Waals surface area contributed by atoms with E-state index in [1.165, 1.54) is 11.3 Å². The summed E-state index contributed by atoms with van der Waals surface area (Å²) in [5.74, 6) is 0.630. The Morgan fingerprint density at radius 2 is 2.11 bits per heavy atom. The van der Waals surface area contributed by atoms with Gasteiger partial charge >= 0.3 is 0 Å². The number of para-hydroxylation sites is 2. The third-order valence-corrected chi connectivity index (χ3v) is 5.35. The number of rotatable bonds is 6. The first kappa shape index (κ1) is 17.6. The number of aryl methyl sites for hydroxylation is 2. The summed E-state index contributed by atoms with van der Waals surface area (Å²) >= 11 is 0. The van der Waals surface area contributed by atoms with E-state index in [9.17, 15) is 4.79 Å². The van der Waals surface area contributed by atoms with Gasteiger partial charge in [-0.05, 0) is 49.1 Å². The number of anilines is 1. The fraction of sp³-hybridized carbons (Fsp3) is 0.364. The first-order valence-corrected chi connectivity index (χ1v) is 9.67. The van der Waals surface area contributed by atoms with E-state index in [1.807, 2.05) is 35.2 Å². The van der Waals surface area contributed by atoms with E-state index in [2.05, 4.69) is 46.4 Å². The van der Waals surface area contributed by atoms with Gasteiger partial charge in [0.2, 0.25) is 5.91 Å². The average molecular weight is 362 g/mol. The van der Waals surface area contributed by atoms with Crippen LogP contribution < -0.4 is 10.2 Å². The lowest BCUT2D eigenvalue weighted by Gasteiger charge is -2.19. The molecule has 0 bridgehead atoms. The maximum Gasteiger partial charge on any atom is 0.221 e. The molecule has 2 heterocycles. The predicted octanol–water partition coefficient (Wildman–Crippen LogP) is 3.38. The highest BCUT2D eigenvalue weighted by Gasteiger charge is 2.23. The molecule has 1 atom stereocenters. The Morgan fingerprint density at radius 1 is 1.22 bits per heavy atom. The van der Waals surface area contributed by atoms with Crippen LogP contribution in [0.2, 0.25) is 0 Å². The molecule has 1 fully saturated rings. The second-order valence-corrected chi connectivity index (χ2v) is 7.42. The molecule has 0 saturated carbocycles. The highest BCUT2D eigenvalue weighted by atomic mass is 16.1. The molecule has 2 aromatic carbocycles. The number of benzene rings is 2. The molecule has 1 unspecified atom stereocenters. The van der Waals surface area contributed by atoms with E-state index < -0.39 is 0 Å². The van der Waals surface area contributed by atoms with Gasteiger partial charge in [-0.2, -0.15) is 0 Å². The topological polar surface area (TPSA) is 50.2 Å². The molecule has 0 radical (unpaired) electrons. The van der Waals surface area contributed by atoms with Crippen LogP contribution in [0.4, 0.5) is 5.69 Å². The lowest BCUT2D eigenvalue weighted by molar-refractivity contribution is -0.121. The van der Waals surface area contributed by atoms with Crippen molar-refractivity contribution >= 4 is 22.6 Å². The molecule has 5 nitrogen and oxygen atoms in total. The number of carbonyl (C=O) groups is 1. The van der Waals surface area contributed by atoms with Gasteiger partial charge in [-0.25, -0.2) is 4.98 Å². The summed E-state index contributed by atoms with van der Waals surface area (Å²) in [6.07, 6.45) is 3.42. The van der Waals surface area contributed by atoms with Crippen LogP contribution in [0, 0.1) is 12.8 Å². The van der Waals surface area contributed by atoms with Crippen LogP contribution in [-0.2, 0) is 11.3 Å². The maximum absolute atomic E-state index is 12.3. The third kappa shape index (κ3) is 4.13. The fourth-order valence-corrected chi connectivity index (χ4v) is 3.82. The molecule has 3 aromatic rings. The predicted molar refractivity (Wildman–Crippen MR) is 109 cm³/mol. The lowest BCUT2D eigenvalue weighted by atomic mass is 10.1. The smallest absolute Gasteiger partial charge is 0.221 e. The zero-order chi connectivity index (χ0) is 18.6. The number of aromatic nitrogens is 2. The zero-order valence-corrected chi connectivity index (χ0v) is 15.8. The highest BCUT2D eigenvalue weighted by Crippen LogP contribution is 2.24. The number of imidazole rings is 1. The van der Waals surface area contributed by atoms with Gasteiger partial charge in [0.25, 0.3) is 0 Å². The second-order valence-electron chi connectivity index (χ2n) is 7.42. The molecule has 27 heavy (non-hydrogen) atoms. The summed E-state index contributed by atoms with van der Waals surface area (Å²) < 4.78 is 2.05. The Hall–Kier alpha value is -2.82. The molecule has 5 heteroatoms. The summed E-state index contributed by atoms with van der Waals surface area (Å²) in [5.41, 5.74) is 4.63. The van der Waals surface area contributed by atoms with Gasteiger partial charge in [-0.15, -0.1) is 0 Å². The van der Waals surface area contributed by atoms with Crippen LogP contribution in [0.3, 0.4) is 0 Å². The maximum atomic E-state index is 12.3. The van der Waals surface area contributed by atoms with E-state index in [1.54, 1.807) is 0 Å². The van der Waals surface area contributed by atoms with Crippen molar-refractivity contribution in [3.05, 3.63) is 60.4 Å². The zero-order valence-electron chi connectivity index (χ0n) is 15.8. The molecule has 1 aliphatic heterocycles. The Labute approximate surface area is 160 Å². The number of hydrogen-bond donors (Lipinski definition) is 1. The molecule has 1 amide bonds. The molecular formula is C22H26N4O. The fourth-order valence-electron chi connectivity index (χ4n) is 3.82. The Morgan fingerprint density at radius 3 is 3.00 bits per heavy atom. The number of nitrogens with zero attached hydrogens (tertiary/aromatic N) is 3. The first-order valence-electron chi connectivity index (χ1n) is 9.67. The van der Waals surface area contributed by atoms with Crippen molar-refractivity contribution in [1.29, 1.82) is 0 Å². The van der Waals surface area contributed by atoms with Gasteiger partial charge in [-0.3, -0.25) is 4.79 Å². The van der Waals surface area contributed by atoms with Gasteiger partial charge < -0.3 is 14.8 Å². The number of hydrogen-bond acceptors (Lipinski definition) is 3. The molecule has 1 aromatic heterocycles. The van der Waals surface area contributed by atoms with Crippen LogP contribution in [-0.4, -0.2) is 35.1 Å². The van der Waals surface area contributed by atoms with Crippen LogP contribution in [0.25, 0.3) is 11.0 Å². The van der Waals surface area contributed by atoms with Gasteiger partial charge in [0, 0.05) is 38.3 Å². The summed E-state index contributed by atoms with van der Waals surface area (Å²) in [5, 5.41) is 3.12. The number of amides is 1. The first-order chi connectivity index (χ1) is 13.2. The van der Waals surface area contributed by atoms with Crippen LogP contribution in [0.5, 0.6) is 0 Å². The van der Waals surface area contributed by atoms with Gasteiger partial charge in [-0.1, -0.05) is 24.3 Å². The molecule has 0 spiro atoms. The summed E-state index contributed by atoms with van der Waals surface area (Å²) in [6, 6.07) is 16.7. The molecule has 140 valence electrons. The summed E-state index contributed by atoms with van der Waals surface area (Å²) in [7, 11) is 0. The summed E-state index contributed by atoms with van der Waals surface area (Å²) in [6.45, 7) is 5.61. The van der Waals surface area contributed by atoms with Crippen molar-refractivity contribution in [2.75, 3.05) is 24.5 Å². The van der Waals surface area contributed by atoms with Crippen molar-refractivity contribution in [2.45, 2.75) is 26.3 Å². The largest absolute Gasteiger partial charge is 0.371 e. The molecule has 1 saturated heterocycles. The Balaban J connectivity index is 1.24.